The third-order valence-electron chi connectivity index (χ3n) is 4.26. The van der Waals surface area contributed by atoms with E-state index in [2.05, 4.69) is 6.07 Å². The molecule has 0 aliphatic carbocycles. The van der Waals surface area contributed by atoms with Crippen LogP contribution in [0.1, 0.15) is 30.9 Å². The van der Waals surface area contributed by atoms with Crippen molar-refractivity contribution in [2.75, 3.05) is 24.6 Å². The summed E-state index contributed by atoms with van der Waals surface area (Å²) < 4.78 is 5.06. The Morgan fingerprint density at radius 2 is 1.96 bits per heavy atom. The average molecular weight is 381 g/mol. The Kier molecular flexibility index (Phi) is 7.97. The first kappa shape index (κ1) is 20.9. The van der Waals surface area contributed by atoms with E-state index in [0.717, 1.165) is 30.5 Å². The molecule has 7 heteroatoms. The Hall–Kier alpha value is -3.40. The molecule has 0 atom stereocenters. The van der Waals surface area contributed by atoms with E-state index in [4.69, 9.17) is 10.00 Å². The quantitative estimate of drug-likeness (QED) is 0.268. The molecule has 0 spiro atoms. The van der Waals surface area contributed by atoms with Gasteiger partial charge in [0.2, 0.25) is 0 Å². The lowest BCUT2D eigenvalue weighted by Gasteiger charge is -2.24. The lowest BCUT2D eigenvalue weighted by Crippen LogP contribution is -2.32. The molecule has 2 aromatic carbocycles. The van der Waals surface area contributed by atoms with Gasteiger partial charge in [0.05, 0.1) is 23.2 Å². The van der Waals surface area contributed by atoms with Crippen LogP contribution in [0.25, 0.3) is 0 Å². The van der Waals surface area contributed by atoms with Gasteiger partial charge in [0.1, 0.15) is 6.54 Å². The van der Waals surface area contributed by atoms with Gasteiger partial charge in [0, 0.05) is 24.4 Å². The van der Waals surface area contributed by atoms with E-state index in [1.807, 2.05) is 11.0 Å². The van der Waals surface area contributed by atoms with Gasteiger partial charge in [-0.3, -0.25) is 14.9 Å². The number of aryl methyl sites for hydroxylation is 1. The molecule has 146 valence electrons. The van der Waals surface area contributed by atoms with Crippen molar-refractivity contribution in [2.24, 2.45) is 0 Å². The number of hydrogen-bond acceptors (Lipinski definition) is 6. The largest absolute Gasteiger partial charge is 0.465 e. The molecule has 0 aliphatic rings. The predicted molar refractivity (Wildman–Crippen MR) is 106 cm³/mol. The maximum Gasteiger partial charge on any atom is 0.325 e. The number of nitro groups is 1. The van der Waals surface area contributed by atoms with Crippen LogP contribution in [0.4, 0.5) is 11.4 Å². The highest BCUT2D eigenvalue weighted by Gasteiger charge is 2.13. The number of unbranched alkanes of at least 4 members (excludes halogenated alkanes) is 1. The van der Waals surface area contributed by atoms with Crippen molar-refractivity contribution >= 4 is 17.3 Å². The number of anilines is 1. The minimum absolute atomic E-state index is 0.0849. The molecule has 0 aromatic heterocycles. The Labute approximate surface area is 164 Å². The molecule has 0 heterocycles. The highest BCUT2D eigenvalue weighted by Crippen LogP contribution is 2.18. The lowest BCUT2D eigenvalue weighted by molar-refractivity contribution is -0.384. The molecule has 7 nitrogen and oxygen atoms in total. The first-order valence-electron chi connectivity index (χ1n) is 9.17. The highest BCUT2D eigenvalue weighted by atomic mass is 16.6. The Morgan fingerprint density at radius 3 is 2.61 bits per heavy atom. The fraction of sp³-hybridized carbons (Fsp3) is 0.333. The molecule has 28 heavy (non-hydrogen) atoms. The number of nitro benzene ring substituents is 1. The van der Waals surface area contributed by atoms with Crippen molar-refractivity contribution < 1.29 is 14.5 Å². The van der Waals surface area contributed by atoms with Gasteiger partial charge < -0.3 is 9.64 Å². The monoisotopic (exact) mass is 381 g/mol. The molecule has 0 bridgehead atoms. The van der Waals surface area contributed by atoms with Crippen molar-refractivity contribution in [3.05, 3.63) is 69.8 Å². The maximum atomic E-state index is 11.9. The van der Waals surface area contributed by atoms with Crippen LogP contribution < -0.4 is 4.90 Å². The summed E-state index contributed by atoms with van der Waals surface area (Å²) in [5, 5.41) is 19.8. The molecule has 0 radical (unpaired) electrons. The van der Waals surface area contributed by atoms with Crippen LogP contribution >= 0.6 is 0 Å². The molecule has 0 fully saturated rings. The van der Waals surface area contributed by atoms with Crippen LogP contribution in [0.2, 0.25) is 0 Å². The zero-order valence-corrected chi connectivity index (χ0v) is 15.8. The summed E-state index contributed by atoms with van der Waals surface area (Å²) in [5.74, 6) is -0.305. The van der Waals surface area contributed by atoms with Crippen LogP contribution in [0, 0.1) is 21.4 Å². The van der Waals surface area contributed by atoms with E-state index in [1.165, 1.54) is 12.1 Å². The SMILES string of the molecule is CCOC(=O)CN(CCCCc1ccc([N+](=O)[O-])cc1)c1cccc(C#N)c1. The van der Waals surface area contributed by atoms with E-state index in [9.17, 15) is 14.9 Å². The zero-order chi connectivity index (χ0) is 20.4. The molecule has 0 saturated carbocycles. The van der Waals surface area contributed by atoms with Crippen molar-refractivity contribution in [2.45, 2.75) is 26.2 Å². The van der Waals surface area contributed by atoms with Crippen LogP contribution in [0.5, 0.6) is 0 Å². The molecule has 2 aromatic rings. The molecule has 0 amide bonds. The van der Waals surface area contributed by atoms with Gasteiger partial charge in [-0.2, -0.15) is 5.26 Å². The summed E-state index contributed by atoms with van der Waals surface area (Å²) in [6.45, 7) is 2.86. The van der Waals surface area contributed by atoms with E-state index in [1.54, 1.807) is 37.3 Å². The number of non-ortho nitro benzene ring substituents is 1. The molecule has 0 unspecified atom stereocenters. The zero-order valence-electron chi connectivity index (χ0n) is 15.8. The van der Waals surface area contributed by atoms with Crippen molar-refractivity contribution in [1.82, 2.24) is 0 Å². The fourth-order valence-corrected chi connectivity index (χ4v) is 2.85. The van der Waals surface area contributed by atoms with Gasteiger partial charge in [-0.05, 0) is 49.9 Å². The van der Waals surface area contributed by atoms with E-state index >= 15 is 0 Å². The van der Waals surface area contributed by atoms with Crippen LogP contribution in [0.15, 0.2) is 48.5 Å². The van der Waals surface area contributed by atoms with E-state index in [-0.39, 0.29) is 18.2 Å². The van der Waals surface area contributed by atoms with Crippen molar-refractivity contribution in [3.63, 3.8) is 0 Å². The number of benzene rings is 2. The highest BCUT2D eigenvalue weighted by molar-refractivity contribution is 5.76. The average Bonchev–Trinajstić information content (AvgIpc) is 2.70. The number of hydrogen-bond donors (Lipinski definition) is 0. The maximum absolute atomic E-state index is 11.9. The molecule has 0 saturated heterocycles. The number of carbonyl (C=O) groups is 1. The number of nitriles is 1. The van der Waals surface area contributed by atoms with Crippen molar-refractivity contribution in [3.8, 4) is 6.07 Å². The van der Waals surface area contributed by atoms with Gasteiger partial charge in [-0.1, -0.05) is 18.2 Å². The normalized spacial score (nSPS) is 10.1. The van der Waals surface area contributed by atoms with Gasteiger partial charge in [-0.15, -0.1) is 0 Å². The summed E-state index contributed by atoms with van der Waals surface area (Å²) in [6.07, 6.45) is 2.49. The standard InChI is InChI=1S/C21H23N3O4/c1-2-28-21(25)16-23(20-8-5-7-18(14-20)15-22)13-4-3-6-17-9-11-19(12-10-17)24(26)27/h5,7-12,14H,2-4,6,13,16H2,1H3. The topological polar surface area (TPSA) is 96.5 Å². The third-order valence-corrected chi connectivity index (χ3v) is 4.26. The summed E-state index contributed by atoms with van der Waals surface area (Å²) in [5.41, 5.74) is 2.47. The first-order valence-corrected chi connectivity index (χ1v) is 9.17. The number of carbonyl (C=O) groups excluding carboxylic acids is 1. The van der Waals surface area contributed by atoms with Gasteiger partial charge in [0.25, 0.3) is 5.69 Å². The third kappa shape index (κ3) is 6.40. The Balaban J connectivity index is 1.95. The summed E-state index contributed by atoms with van der Waals surface area (Å²) in [4.78, 5) is 24.1. The second-order valence-electron chi connectivity index (χ2n) is 6.27. The minimum atomic E-state index is -0.410. The number of esters is 1. The second kappa shape index (κ2) is 10.7. The number of rotatable bonds is 10. The fourth-order valence-electron chi connectivity index (χ4n) is 2.85. The first-order chi connectivity index (χ1) is 13.5. The Bertz CT molecular complexity index is 843. The molecular weight excluding hydrogens is 358 g/mol. The summed E-state index contributed by atoms with van der Waals surface area (Å²) in [6, 6.07) is 15.8. The van der Waals surface area contributed by atoms with Crippen LogP contribution in [0.3, 0.4) is 0 Å². The summed E-state index contributed by atoms with van der Waals surface area (Å²) in [7, 11) is 0. The molecule has 2 rings (SSSR count). The number of nitrogens with zero attached hydrogens (tertiary/aromatic N) is 3. The smallest absolute Gasteiger partial charge is 0.325 e. The number of ether oxygens (including phenoxy) is 1. The van der Waals surface area contributed by atoms with E-state index in [0.29, 0.717) is 18.7 Å². The van der Waals surface area contributed by atoms with Crippen LogP contribution in [-0.2, 0) is 16.0 Å². The van der Waals surface area contributed by atoms with Gasteiger partial charge in [-0.25, -0.2) is 0 Å². The predicted octanol–water partition coefficient (Wildman–Crippen LogP) is 3.86. The minimum Gasteiger partial charge on any atom is -0.465 e. The lowest BCUT2D eigenvalue weighted by atomic mass is 10.1. The second-order valence-corrected chi connectivity index (χ2v) is 6.27. The van der Waals surface area contributed by atoms with Crippen molar-refractivity contribution in [1.29, 1.82) is 5.26 Å². The Morgan fingerprint density at radius 1 is 1.21 bits per heavy atom. The molecular formula is C21H23N3O4. The van der Waals surface area contributed by atoms with Gasteiger partial charge in [0.15, 0.2) is 0 Å². The van der Waals surface area contributed by atoms with Crippen LogP contribution in [-0.4, -0.2) is 30.6 Å². The molecule has 0 aliphatic heterocycles. The van der Waals surface area contributed by atoms with Gasteiger partial charge >= 0.3 is 5.97 Å². The molecule has 0 N–H and O–H groups in total. The summed E-state index contributed by atoms with van der Waals surface area (Å²) >= 11 is 0. The van der Waals surface area contributed by atoms with E-state index < -0.39 is 4.92 Å².